The van der Waals surface area contributed by atoms with Gasteiger partial charge in [0.25, 0.3) is 5.91 Å². The van der Waals surface area contributed by atoms with Gasteiger partial charge in [-0.3, -0.25) is 4.79 Å². The molecular formula is C22H24N4O2. The zero-order chi connectivity index (χ0) is 19.3. The summed E-state index contributed by atoms with van der Waals surface area (Å²) in [7, 11) is 0. The Hall–Kier alpha value is -3.15. The number of hydrogen-bond acceptors (Lipinski definition) is 5. The predicted molar refractivity (Wildman–Crippen MR) is 107 cm³/mol. The molecule has 1 aliphatic heterocycles. The van der Waals surface area contributed by atoms with E-state index in [0.29, 0.717) is 23.9 Å². The van der Waals surface area contributed by atoms with Crippen LogP contribution in [0.1, 0.15) is 46.3 Å². The van der Waals surface area contributed by atoms with Gasteiger partial charge in [-0.1, -0.05) is 53.6 Å². The maximum absolute atomic E-state index is 12.9. The van der Waals surface area contributed by atoms with Crippen LogP contribution in [0.4, 0.5) is 6.01 Å². The Morgan fingerprint density at radius 2 is 1.79 bits per heavy atom. The van der Waals surface area contributed by atoms with Crippen molar-refractivity contribution in [3.8, 4) is 0 Å². The number of anilines is 1. The van der Waals surface area contributed by atoms with Gasteiger partial charge >= 0.3 is 6.01 Å². The molecule has 144 valence electrons. The van der Waals surface area contributed by atoms with Crippen molar-refractivity contribution < 1.29 is 9.21 Å². The van der Waals surface area contributed by atoms with Gasteiger partial charge in [0.15, 0.2) is 0 Å². The molecule has 3 aromatic rings. The van der Waals surface area contributed by atoms with E-state index in [1.165, 1.54) is 0 Å². The molecule has 0 bridgehead atoms. The first kappa shape index (κ1) is 18.2. The van der Waals surface area contributed by atoms with Crippen molar-refractivity contribution in [2.75, 3.05) is 18.0 Å². The van der Waals surface area contributed by atoms with E-state index in [9.17, 15) is 4.79 Å². The highest BCUT2D eigenvalue weighted by atomic mass is 16.4. The molecule has 2 aromatic carbocycles. The van der Waals surface area contributed by atoms with E-state index in [-0.39, 0.29) is 5.91 Å². The number of hydrogen-bond donors (Lipinski definition) is 1. The van der Waals surface area contributed by atoms with Crippen LogP contribution in [0.5, 0.6) is 0 Å². The number of rotatable bonds is 6. The van der Waals surface area contributed by atoms with E-state index in [2.05, 4.69) is 20.4 Å². The first-order chi connectivity index (χ1) is 13.7. The van der Waals surface area contributed by atoms with Crippen molar-refractivity contribution in [2.24, 2.45) is 0 Å². The van der Waals surface area contributed by atoms with Gasteiger partial charge in [0, 0.05) is 25.1 Å². The molecule has 0 spiro atoms. The molecule has 0 saturated carbocycles. The number of carbonyl (C=O) groups is 1. The van der Waals surface area contributed by atoms with Crippen LogP contribution in [-0.4, -0.2) is 29.2 Å². The SMILES string of the molecule is Cc1ccccc1C(=O)N[C@H](Cc1ccccc1)c1nnc(N2CCCC2)o1. The van der Waals surface area contributed by atoms with Gasteiger partial charge in [0.2, 0.25) is 5.89 Å². The van der Waals surface area contributed by atoms with Crippen LogP contribution in [-0.2, 0) is 6.42 Å². The normalized spacial score (nSPS) is 14.8. The van der Waals surface area contributed by atoms with Crippen LogP contribution in [0.3, 0.4) is 0 Å². The number of carbonyl (C=O) groups excluding carboxylic acids is 1. The second kappa shape index (κ2) is 8.25. The molecule has 2 heterocycles. The fourth-order valence-corrected chi connectivity index (χ4v) is 3.52. The highest BCUT2D eigenvalue weighted by molar-refractivity contribution is 5.95. The minimum Gasteiger partial charge on any atom is -0.406 e. The Labute approximate surface area is 164 Å². The number of aromatic nitrogens is 2. The van der Waals surface area contributed by atoms with Gasteiger partial charge in [-0.25, -0.2) is 0 Å². The maximum Gasteiger partial charge on any atom is 0.318 e. The van der Waals surface area contributed by atoms with Crippen molar-refractivity contribution in [3.63, 3.8) is 0 Å². The number of benzene rings is 2. The van der Waals surface area contributed by atoms with Crippen LogP contribution in [0.15, 0.2) is 59.0 Å². The Morgan fingerprint density at radius 3 is 2.54 bits per heavy atom. The Balaban J connectivity index is 1.58. The summed E-state index contributed by atoms with van der Waals surface area (Å²) in [4.78, 5) is 15.0. The fraction of sp³-hybridized carbons (Fsp3) is 0.318. The molecule has 1 atom stereocenters. The molecule has 1 aromatic heterocycles. The number of nitrogens with zero attached hydrogens (tertiary/aromatic N) is 3. The number of amides is 1. The maximum atomic E-state index is 12.9. The molecular weight excluding hydrogens is 352 g/mol. The van der Waals surface area contributed by atoms with Gasteiger partial charge in [-0.15, -0.1) is 5.10 Å². The van der Waals surface area contributed by atoms with Crippen molar-refractivity contribution in [1.29, 1.82) is 0 Å². The van der Waals surface area contributed by atoms with Gasteiger partial charge in [0.1, 0.15) is 6.04 Å². The molecule has 28 heavy (non-hydrogen) atoms. The summed E-state index contributed by atoms with van der Waals surface area (Å²) < 4.78 is 5.96. The highest BCUT2D eigenvalue weighted by Gasteiger charge is 2.25. The molecule has 1 N–H and O–H groups in total. The van der Waals surface area contributed by atoms with Crippen molar-refractivity contribution in [2.45, 2.75) is 32.2 Å². The molecule has 1 amide bonds. The smallest absolute Gasteiger partial charge is 0.318 e. The average molecular weight is 376 g/mol. The first-order valence-corrected chi connectivity index (χ1v) is 9.69. The largest absolute Gasteiger partial charge is 0.406 e. The molecule has 1 saturated heterocycles. The first-order valence-electron chi connectivity index (χ1n) is 9.69. The van der Waals surface area contributed by atoms with Crippen LogP contribution in [0.2, 0.25) is 0 Å². The Bertz CT molecular complexity index is 932. The topological polar surface area (TPSA) is 71.3 Å². The van der Waals surface area contributed by atoms with Crippen LogP contribution in [0.25, 0.3) is 0 Å². The third kappa shape index (κ3) is 4.06. The van der Waals surface area contributed by atoms with E-state index < -0.39 is 6.04 Å². The van der Waals surface area contributed by atoms with Crippen LogP contribution >= 0.6 is 0 Å². The van der Waals surface area contributed by atoms with E-state index >= 15 is 0 Å². The van der Waals surface area contributed by atoms with Crippen LogP contribution in [0, 0.1) is 6.92 Å². The van der Waals surface area contributed by atoms with Crippen molar-refractivity contribution >= 4 is 11.9 Å². The molecule has 6 nitrogen and oxygen atoms in total. The highest BCUT2D eigenvalue weighted by Crippen LogP contribution is 2.24. The standard InChI is InChI=1S/C22H24N4O2/c1-16-9-5-6-12-18(16)20(27)23-19(15-17-10-3-2-4-11-17)21-24-25-22(28-21)26-13-7-8-14-26/h2-6,9-12,19H,7-8,13-15H2,1H3,(H,23,27)/t19-/m1/s1. The van der Waals surface area contributed by atoms with Crippen LogP contribution < -0.4 is 10.2 Å². The van der Waals surface area contributed by atoms with Gasteiger partial charge in [-0.05, 0) is 37.0 Å². The molecule has 0 unspecified atom stereocenters. The molecule has 1 aliphatic rings. The Kier molecular flexibility index (Phi) is 5.37. The van der Waals surface area contributed by atoms with Gasteiger partial charge in [-0.2, -0.15) is 0 Å². The summed E-state index contributed by atoms with van der Waals surface area (Å²) in [6.07, 6.45) is 2.85. The molecule has 0 aliphatic carbocycles. The van der Waals surface area contributed by atoms with E-state index in [4.69, 9.17) is 4.42 Å². The minimum atomic E-state index is -0.390. The van der Waals surface area contributed by atoms with Gasteiger partial charge in [0.05, 0.1) is 0 Å². The number of nitrogens with one attached hydrogen (secondary N) is 1. The lowest BCUT2D eigenvalue weighted by atomic mass is 10.0. The lowest BCUT2D eigenvalue weighted by Gasteiger charge is -2.17. The zero-order valence-electron chi connectivity index (χ0n) is 16.0. The van der Waals surface area contributed by atoms with E-state index in [1.807, 2.05) is 61.5 Å². The summed E-state index contributed by atoms with van der Waals surface area (Å²) in [5.74, 6) is 0.299. The number of aryl methyl sites for hydroxylation is 1. The van der Waals surface area contributed by atoms with Crippen molar-refractivity contribution in [1.82, 2.24) is 15.5 Å². The molecule has 4 rings (SSSR count). The zero-order valence-corrected chi connectivity index (χ0v) is 16.0. The predicted octanol–water partition coefficient (Wildman–Crippen LogP) is 3.69. The van der Waals surface area contributed by atoms with E-state index in [0.717, 1.165) is 37.1 Å². The van der Waals surface area contributed by atoms with Gasteiger partial charge < -0.3 is 14.6 Å². The third-order valence-electron chi connectivity index (χ3n) is 5.08. The Morgan fingerprint density at radius 1 is 1.07 bits per heavy atom. The fourth-order valence-electron chi connectivity index (χ4n) is 3.52. The second-order valence-corrected chi connectivity index (χ2v) is 7.15. The third-order valence-corrected chi connectivity index (χ3v) is 5.08. The molecule has 1 fully saturated rings. The molecule has 0 radical (unpaired) electrons. The quantitative estimate of drug-likeness (QED) is 0.710. The summed E-state index contributed by atoms with van der Waals surface area (Å²) >= 11 is 0. The molecule has 6 heteroatoms. The summed E-state index contributed by atoms with van der Waals surface area (Å²) in [5, 5.41) is 11.6. The second-order valence-electron chi connectivity index (χ2n) is 7.15. The van der Waals surface area contributed by atoms with E-state index in [1.54, 1.807) is 0 Å². The minimum absolute atomic E-state index is 0.139. The monoisotopic (exact) mass is 376 g/mol. The summed E-state index contributed by atoms with van der Waals surface area (Å²) in [5.41, 5.74) is 2.68. The lowest BCUT2D eigenvalue weighted by Crippen LogP contribution is -2.30. The summed E-state index contributed by atoms with van der Waals surface area (Å²) in [6.45, 7) is 3.79. The average Bonchev–Trinajstić information content (AvgIpc) is 3.40. The summed E-state index contributed by atoms with van der Waals surface area (Å²) in [6, 6.07) is 17.7. The lowest BCUT2D eigenvalue weighted by molar-refractivity contribution is 0.0929. The van der Waals surface area contributed by atoms with Crippen molar-refractivity contribution in [3.05, 3.63) is 77.2 Å².